The van der Waals surface area contributed by atoms with Gasteiger partial charge >= 0.3 is 6.01 Å². The van der Waals surface area contributed by atoms with Crippen molar-refractivity contribution in [1.29, 1.82) is 0 Å². The average molecular weight is 331 g/mol. The number of methoxy groups -OCH3 is 1. The number of imidazole rings is 1. The summed E-state index contributed by atoms with van der Waals surface area (Å²) in [5.41, 5.74) is 6.98. The fourth-order valence-electron chi connectivity index (χ4n) is 2.82. The first-order valence-electron chi connectivity index (χ1n) is 7.93. The minimum absolute atomic E-state index is 0.347. The van der Waals surface area contributed by atoms with Crippen LogP contribution in [0.4, 0.5) is 0 Å². The van der Waals surface area contributed by atoms with Crippen molar-refractivity contribution >= 4 is 5.65 Å². The van der Waals surface area contributed by atoms with Gasteiger partial charge in [0.1, 0.15) is 5.65 Å². The summed E-state index contributed by atoms with van der Waals surface area (Å²) in [6, 6.07) is 6.57. The predicted molar refractivity (Wildman–Crippen MR) is 95.5 cm³/mol. The molecule has 6 nitrogen and oxygen atoms in total. The minimum Gasteiger partial charge on any atom is -0.467 e. The molecular weight excluding hydrogens is 314 g/mol. The lowest BCUT2D eigenvalue weighted by Crippen LogP contribution is -1.95. The highest BCUT2D eigenvalue weighted by molar-refractivity contribution is 5.70. The molecule has 4 rings (SSSR count). The van der Waals surface area contributed by atoms with Gasteiger partial charge in [-0.15, -0.1) is 0 Å². The fraction of sp³-hybridized carbons (Fsp3) is 0.158. The Labute approximate surface area is 145 Å². The summed E-state index contributed by atoms with van der Waals surface area (Å²) < 4.78 is 7.09. The normalized spacial score (nSPS) is 11.0. The molecule has 25 heavy (non-hydrogen) atoms. The molecule has 0 atom stereocenters. The van der Waals surface area contributed by atoms with Gasteiger partial charge in [0.15, 0.2) is 0 Å². The number of aryl methyl sites for hydroxylation is 2. The smallest absolute Gasteiger partial charge is 0.316 e. The summed E-state index contributed by atoms with van der Waals surface area (Å²) in [5, 5.41) is 0. The van der Waals surface area contributed by atoms with Crippen molar-refractivity contribution in [2.75, 3.05) is 7.11 Å². The van der Waals surface area contributed by atoms with E-state index in [4.69, 9.17) is 4.74 Å². The van der Waals surface area contributed by atoms with Crippen LogP contribution in [-0.4, -0.2) is 31.4 Å². The molecule has 0 saturated heterocycles. The topological polar surface area (TPSA) is 65.2 Å². The third-order valence-electron chi connectivity index (χ3n) is 4.14. The van der Waals surface area contributed by atoms with Crippen molar-refractivity contribution in [3.05, 3.63) is 60.4 Å². The highest BCUT2D eigenvalue weighted by atomic mass is 16.5. The van der Waals surface area contributed by atoms with Gasteiger partial charge in [-0.05, 0) is 31.5 Å². The molecule has 0 aromatic carbocycles. The first kappa shape index (κ1) is 15.3. The zero-order valence-corrected chi connectivity index (χ0v) is 14.3. The van der Waals surface area contributed by atoms with E-state index < -0.39 is 0 Å². The molecule has 0 bridgehead atoms. The van der Waals surface area contributed by atoms with Gasteiger partial charge in [0.05, 0.1) is 19.0 Å². The van der Waals surface area contributed by atoms with E-state index in [2.05, 4.69) is 49.6 Å². The van der Waals surface area contributed by atoms with Crippen molar-refractivity contribution in [3.8, 4) is 28.4 Å². The maximum atomic E-state index is 5.03. The van der Waals surface area contributed by atoms with Crippen molar-refractivity contribution in [2.24, 2.45) is 0 Å². The molecular formula is C19H17N5O. The van der Waals surface area contributed by atoms with E-state index in [9.17, 15) is 0 Å². The molecule has 0 saturated carbocycles. The summed E-state index contributed by atoms with van der Waals surface area (Å²) >= 11 is 0. The van der Waals surface area contributed by atoms with E-state index in [1.54, 1.807) is 19.5 Å². The molecule has 0 spiro atoms. The van der Waals surface area contributed by atoms with Gasteiger partial charge in [-0.1, -0.05) is 6.07 Å². The monoisotopic (exact) mass is 331 g/mol. The van der Waals surface area contributed by atoms with Gasteiger partial charge < -0.3 is 4.74 Å². The molecule has 0 aliphatic carbocycles. The van der Waals surface area contributed by atoms with Gasteiger partial charge in [0.2, 0.25) is 0 Å². The van der Waals surface area contributed by atoms with Gasteiger partial charge in [-0.3, -0.25) is 9.38 Å². The van der Waals surface area contributed by atoms with E-state index in [0.717, 1.165) is 39.3 Å². The predicted octanol–water partition coefficient (Wildman–Crippen LogP) is 3.48. The van der Waals surface area contributed by atoms with Crippen LogP contribution in [0.5, 0.6) is 6.01 Å². The first-order valence-corrected chi connectivity index (χ1v) is 7.93. The number of ether oxygens (including phenoxy) is 1. The maximum absolute atomic E-state index is 5.03. The van der Waals surface area contributed by atoms with Crippen LogP contribution in [0.3, 0.4) is 0 Å². The van der Waals surface area contributed by atoms with Crippen LogP contribution in [-0.2, 0) is 0 Å². The lowest BCUT2D eigenvalue weighted by Gasteiger charge is -2.08. The lowest BCUT2D eigenvalue weighted by molar-refractivity contribution is 0.380. The van der Waals surface area contributed by atoms with Crippen LogP contribution >= 0.6 is 0 Å². The number of rotatable bonds is 3. The quantitative estimate of drug-likeness (QED) is 0.575. The molecule has 0 fully saturated rings. The summed E-state index contributed by atoms with van der Waals surface area (Å²) in [6.45, 7) is 4.04. The minimum atomic E-state index is 0.347. The largest absolute Gasteiger partial charge is 0.467 e. The number of fused-ring (bicyclic) bond motifs is 1. The average Bonchev–Trinajstić information content (AvgIpc) is 3.07. The van der Waals surface area contributed by atoms with Crippen LogP contribution in [0.1, 0.15) is 11.3 Å². The van der Waals surface area contributed by atoms with Crippen LogP contribution in [0, 0.1) is 13.8 Å². The van der Waals surface area contributed by atoms with Gasteiger partial charge in [-0.2, -0.15) is 0 Å². The van der Waals surface area contributed by atoms with Gasteiger partial charge in [-0.25, -0.2) is 15.0 Å². The van der Waals surface area contributed by atoms with E-state index in [0.29, 0.717) is 6.01 Å². The Kier molecular flexibility index (Phi) is 3.65. The van der Waals surface area contributed by atoms with E-state index in [-0.39, 0.29) is 0 Å². The number of pyridine rings is 2. The van der Waals surface area contributed by atoms with Crippen LogP contribution in [0.15, 0.2) is 49.2 Å². The number of aromatic nitrogens is 5. The van der Waals surface area contributed by atoms with Gasteiger partial charge in [0.25, 0.3) is 0 Å². The van der Waals surface area contributed by atoms with E-state index in [1.807, 2.05) is 25.4 Å². The van der Waals surface area contributed by atoms with Crippen molar-refractivity contribution in [3.63, 3.8) is 0 Å². The standard InChI is InChI=1S/C19H17N5O/c1-12-6-15(14-5-4-13(2)20-7-14)11-24-17(10-21-18(12)24)16-8-22-19(25-3)23-9-16/h4-11H,1-3H3. The second-order valence-electron chi connectivity index (χ2n) is 5.90. The Balaban J connectivity index is 1.87. The fourth-order valence-corrected chi connectivity index (χ4v) is 2.82. The summed E-state index contributed by atoms with van der Waals surface area (Å²) in [4.78, 5) is 17.3. The van der Waals surface area contributed by atoms with Crippen molar-refractivity contribution in [1.82, 2.24) is 24.3 Å². The molecule has 0 unspecified atom stereocenters. The maximum Gasteiger partial charge on any atom is 0.316 e. The summed E-state index contributed by atoms with van der Waals surface area (Å²) in [6.07, 6.45) is 9.28. The second kappa shape index (κ2) is 5.98. The number of hydrogen-bond acceptors (Lipinski definition) is 5. The van der Waals surface area contributed by atoms with Crippen LogP contribution < -0.4 is 4.74 Å². The molecule has 0 amide bonds. The molecule has 124 valence electrons. The molecule has 0 N–H and O–H groups in total. The Morgan fingerprint density at radius 2 is 1.60 bits per heavy atom. The Hall–Kier alpha value is -3.28. The van der Waals surface area contributed by atoms with E-state index in [1.165, 1.54) is 0 Å². The lowest BCUT2D eigenvalue weighted by atomic mass is 10.1. The first-order chi connectivity index (χ1) is 12.2. The third kappa shape index (κ3) is 2.71. The second-order valence-corrected chi connectivity index (χ2v) is 5.90. The highest BCUT2D eigenvalue weighted by Crippen LogP contribution is 2.27. The third-order valence-corrected chi connectivity index (χ3v) is 4.14. The molecule has 6 heteroatoms. The molecule has 0 aliphatic rings. The zero-order chi connectivity index (χ0) is 17.4. The SMILES string of the molecule is COc1ncc(-c2cnc3c(C)cc(-c4ccc(C)nc4)cn23)cn1. The molecule has 4 aromatic heterocycles. The van der Waals surface area contributed by atoms with Crippen LogP contribution in [0.25, 0.3) is 28.0 Å². The highest BCUT2D eigenvalue weighted by Gasteiger charge is 2.11. The number of nitrogens with zero attached hydrogens (tertiary/aromatic N) is 5. The Morgan fingerprint density at radius 3 is 2.28 bits per heavy atom. The van der Waals surface area contributed by atoms with Gasteiger partial charge in [0, 0.05) is 47.2 Å². The zero-order valence-electron chi connectivity index (χ0n) is 14.3. The Morgan fingerprint density at radius 1 is 0.840 bits per heavy atom. The van der Waals surface area contributed by atoms with Crippen LogP contribution in [0.2, 0.25) is 0 Å². The molecule has 4 heterocycles. The summed E-state index contributed by atoms with van der Waals surface area (Å²) in [5.74, 6) is 0. The van der Waals surface area contributed by atoms with Crippen molar-refractivity contribution in [2.45, 2.75) is 13.8 Å². The number of hydrogen-bond donors (Lipinski definition) is 0. The molecule has 4 aromatic rings. The van der Waals surface area contributed by atoms with Crippen molar-refractivity contribution < 1.29 is 4.74 Å². The van der Waals surface area contributed by atoms with E-state index >= 15 is 0 Å². The molecule has 0 aliphatic heterocycles. The molecule has 0 radical (unpaired) electrons. The Bertz CT molecular complexity index is 1040. The summed E-state index contributed by atoms with van der Waals surface area (Å²) in [7, 11) is 1.55.